The standard InChI is InChI=1S/C28H30N2O2/c1-19(2)22-9-7-10-24(16-22)30-26(31)25-11-6-5-8-23(25)17-28(30,4)27(32)29-18-21-14-12-20(3)13-15-21/h5-16,19H,17-18H2,1-4H3,(H,29,32)/t28-/m0/s1. The molecule has 0 aliphatic carbocycles. The summed E-state index contributed by atoms with van der Waals surface area (Å²) in [5, 5.41) is 3.08. The maximum atomic E-state index is 13.7. The second-order valence-corrected chi connectivity index (χ2v) is 9.17. The Balaban J connectivity index is 1.72. The highest BCUT2D eigenvalue weighted by molar-refractivity contribution is 6.14. The molecule has 1 aliphatic heterocycles. The van der Waals surface area contributed by atoms with Gasteiger partial charge >= 0.3 is 0 Å². The lowest BCUT2D eigenvalue weighted by Crippen LogP contribution is -2.63. The van der Waals surface area contributed by atoms with Gasteiger partial charge in [0.15, 0.2) is 0 Å². The highest BCUT2D eigenvalue weighted by Gasteiger charge is 2.47. The summed E-state index contributed by atoms with van der Waals surface area (Å²) in [6, 6.07) is 23.7. The Morgan fingerprint density at radius 1 is 1.03 bits per heavy atom. The van der Waals surface area contributed by atoms with Gasteiger partial charge in [-0.25, -0.2) is 0 Å². The van der Waals surface area contributed by atoms with Crippen molar-refractivity contribution < 1.29 is 9.59 Å². The zero-order chi connectivity index (χ0) is 22.9. The molecule has 0 fully saturated rings. The number of hydrogen-bond donors (Lipinski definition) is 1. The number of nitrogens with one attached hydrogen (secondary N) is 1. The Kier molecular flexibility index (Phi) is 5.88. The molecule has 0 saturated heterocycles. The van der Waals surface area contributed by atoms with Gasteiger partial charge in [0.1, 0.15) is 5.54 Å². The lowest BCUT2D eigenvalue weighted by Gasteiger charge is -2.44. The number of aryl methyl sites for hydroxylation is 1. The van der Waals surface area contributed by atoms with Crippen LogP contribution in [0.15, 0.2) is 72.8 Å². The van der Waals surface area contributed by atoms with Crippen LogP contribution < -0.4 is 10.2 Å². The van der Waals surface area contributed by atoms with Crippen LogP contribution in [0.3, 0.4) is 0 Å². The predicted octanol–water partition coefficient (Wildman–Crippen LogP) is 5.40. The molecule has 4 rings (SSSR count). The van der Waals surface area contributed by atoms with Crippen molar-refractivity contribution in [2.45, 2.75) is 52.1 Å². The van der Waals surface area contributed by atoms with E-state index in [4.69, 9.17) is 0 Å². The third kappa shape index (κ3) is 4.05. The quantitative estimate of drug-likeness (QED) is 0.594. The van der Waals surface area contributed by atoms with Crippen molar-refractivity contribution in [3.63, 3.8) is 0 Å². The van der Waals surface area contributed by atoms with Gasteiger partial charge in [-0.05, 0) is 54.7 Å². The van der Waals surface area contributed by atoms with Crippen molar-refractivity contribution in [1.82, 2.24) is 5.32 Å². The van der Waals surface area contributed by atoms with Crippen LogP contribution in [0.25, 0.3) is 0 Å². The summed E-state index contributed by atoms with van der Waals surface area (Å²) >= 11 is 0. The molecule has 1 N–H and O–H groups in total. The van der Waals surface area contributed by atoms with E-state index >= 15 is 0 Å². The van der Waals surface area contributed by atoms with Gasteiger partial charge in [-0.2, -0.15) is 0 Å². The van der Waals surface area contributed by atoms with E-state index < -0.39 is 5.54 Å². The van der Waals surface area contributed by atoms with Crippen molar-refractivity contribution in [3.8, 4) is 0 Å². The number of anilines is 1. The van der Waals surface area contributed by atoms with Crippen molar-refractivity contribution in [3.05, 3.63) is 101 Å². The van der Waals surface area contributed by atoms with Crippen LogP contribution in [0.2, 0.25) is 0 Å². The summed E-state index contributed by atoms with van der Waals surface area (Å²) < 4.78 is 0. The van der Waals surface area contributed by atoms with Crippen LogP contribution in [-0.2, 0) is 17.8 Å². The van der Waals surface area contributed by atoms with E-state index in [0.29, 0.717) is 24.4 Å². The van der Waals surface area contributed by atoms with Gasteiger partial charge in [-0.3, -0.25) is 14.5 Å². The van der Waals surface area contributed by atoms with Gasteiger partial charge in [0.25, 0.3) is 5.91 Å². The number of rotatable bonds is 5. The summed E-state index contributed by atoms with van der Waals surface area (Å²) in [4.78, 5) is 29.0. The van der Waals surface area contributed by atoms with E-state index in [-0.39, 0.29) is 11.8 Å². The van der Waals surface area contributed by atoms with Crippen LogP contribution in [-0.4, -0.2) is 17.4 Å². The zero-order valence-corrected chi connectivity index (χ0v) is 19.2. The SMILES string of the molecule is Cc1ccc(CNC(=O)[C@]2(C)Cc3ccccc3C(=O)N2c2cccc(C(C)C)c2)cc1. The van der Waals surface area contributed by atoms with Crippen molar-refractivity contribution in [2.24, 2.45) is 0 Å². The highest BCUT2D eigenvalue weighted by atomic mass is 16.2. The molecule has 0 aromatic heterocycles. The summed E-state index contributed by atoms with van der Waals surface area (Å²) in [6.45, 7) is 8.58. The lowest BCUT2D eigenvalue weighted by molar-refractivity contribution is -0.126. The van der Waals surface area contributed by atoms with Gasteiger partial charge in [0.05, 0.1) is 0 Å². The highest BCUT2D eigenvalue weighted by Crippen LogP contribution is 2.36. The third-order valence-electron chi connectivity index (χ3n) is 6.34. The van der Waals surface area contributed by atoms with Crippen LogP contribution in [0, 0.1) is 6.92 Å². The van der Waals surface area contributed by atoms with Crippen LogP contribution >= 0.6 is 0 Å². The molecule has 1 heterocycles. The van der Waals surface area contributed by atoms with Gasteiger partial charge in [0.2, 0.25) is 5.91 Å². The first-order chi connectivity index (χ1) is 15.3. The molecule has 0 spiro atoms. The Labute approximate surface area is 190 Å². The smallest absolute Gasteiger partial charge is 0.259 e. The third-order valence-corrected chi connectivity index (χ3v) is 6.34. The summed E-state index contributed by atoms with van der Waals surface area (Å²) in [7, 11) is 0. The minimum Gasteiger partial charge on any atom is -0.350 e. The number of hydrogen-bond acceptors (Lipinski definition) is 2. The Morgan fingerprint density at radius 3 is 2.47 bits per heavy atom. The van der Waals surface area contributed by atoms with E-state index in [0.717, 1.165) is 22.4 Å². The fourth-order valence-electron chi connectivity index (χ4n) is 4.36. The fraction of sp³-hybridized carbons (Fsp3) is 0.286. The molecule has 0 unspecified atom stereocenters. The van der Waals surface area contributed by atoms with Crippen LogP contribution in [0.5, 0.6) is 0 Å². The minimum absolute atomic E-state index is 0.138. The monoisotopic (exact) mass is 426 g/mol. The number of nitrogens with zero attached hydrogens (tertiary/aromatic N) is 1. The molecule has 3 aromatic rings. The molecule has 1 aliphatic rings. The molecular formula is C28H30N2O2. The number of carbonyl (C=O) groups excluding carboxylic acids is 2. The second kappa shape index (κ2) is 8.62. The molecule has 4 heteroatoms. The van der Waals surface area contributed by atoms with Gasteiger partial charge in [0, 0.05) is 24.2 Å². The first-order valence-corrected chi connectivity index (χ1v) is 11.2. The summed E-state index contributed by atoms with van der Waals surface area (Å²) in [6.07, 6.45) is 0.459. The molecule has 32 heavy (non-hydrogen) atoms. The van der Waals surface area contributed by atoms with Crippen LogP contribution in [0.4, 0.5) is 5.69 Å². The van der Waals surface area contributed by atoms with Gasteiger partial charge < -0.3 is 5.32 Å². The number of fused-ring (bicyclic) bond motifs is 1. The van der Waals surface area contributed by atoms with Crippen molar-refractivity contribution in [2.75, 3.05) is 4.90 Å². The van der Waals surface area contributed by atoms with E-state index in [9.17, 15) is 9.59 Å². The van der Waals surface area contributed by atoms with Gasteiger partial charge in [-0.1, -0.05) is 74.0 Å². The number of carbonyl (C=O) groups is 2. The fourth-order valence-corrected chi connectivity index (χ4v) is 4.36. The molecule has 0 saturated carbocycles. The first kappa shape index (κ1) is 21.8. The van der Waals surface area contributed by atoms with E-state index in [1.165, 1.54) is 5.56 Å². The maximum Gasteiger partial charge on any atom is 0.259 e. The number of benzene rings is 3. The van der Waals surface area contributed by atoms with Crippen LogP contribution in [0.1, 0.15) is 59.3 Å². The molecule has 164 valence electrons. The maximum absolute atomic E-state index is 13.7. The minimum atomic E-state index is -1.04. The molecular weight excluding hydrogens is 396 g/mol. The zero-order valence-electron chi connectivity index (χ0n) is 19.2. The Hall–Kier alpha value is -3.40. The van der Waals surface area contributed by atoms with Gasteiger partial charge in [-0.15, -0.1) is 0 Å². The molecule has 1 atom stereocenters. The molecule has 4 nitrogen and oxygen atoms in total. The van der Waals surface area contributed by atoms with Crippen molar-refractivity contribution >= 4 is 17.5 Å². The predicted molar refractivity (Wildman–Crippen MR) is 129 cm³/mol. The average Bonchev–Trinajstić information content (AvgIpc) is 2.78. The first-order valence-electron chi connectivity index (χ1n) is 11.2. The number of amides is 2. The Bertz CT molecular complexity index is 1150. The molecule has 0 radical (unpaired) electrons. The molecule has 0 bridgehead atoms. The van der Waals surface area contributed by atoms with Crippen molar-refractivity contribution in [1.29, 1.82) is 0 Å². The Morgan fingerprint density at radius 2 is 1.75 bits per heavy atom. The molecule has 2 amide bonds. The lowest BCUT2D eigenvalue weighted by atomic mass is 9.82. The van der Waals surface area contributed by atoms with E-state index in [1.54, 1.807) is 4.90 Å². The molecule has 3 aromatic carbocycles. The summed E-state index contributed by atoms with van der Waals surface area (Å²) in [5.41, 5.74) is 4.63. The summed E-state index contributed by atoms with van der Waals surface area (Å²) in [5.74, 6) is 0.0281. The second-order valence-electron chi connectivity index (χ2n) is 9.17. The average molecular weight is 427 g/mol. The topological polar surface area (TPSA) is 49.4 Å². The van der Waals surface area contributed by atoms with E-state index in [1.807, 2.05) is 80.6 Å². The largest absolute Gasteiger partial charge is 0.350 e. The van der Waals surface area contributed by atoms with E-state index in [2.05, 4.69) is 25.2 Å². The normalized spacial score (nSPS) is 17.9.